The molecule has 0 saturated carbocycles. The van der Waals surface area contributed by atoms with Crippen LogP contribution in [0.25, 0.3) is 0 Å². The summed E-state index contributed by atoms with van der Waals surface area (Å²) in [6, 6.07) is 3.77. The smallest absolute Gasteiger partial charge is 0.337 e. The van der Waals surface area contributed by atoms with Crippen LogP contribution in [0.3, 0.4) is 0 Å². The summed E-state index contributed by atoms with van der Waals surface area (Å²) in [6.07, 6.45) is 0. The number of halogens is 1. The molecule has 7 nitrogen and oxygen atoms in total. The van der Waals surface area contributed by atoms with Crippen LogP contribution < -0.4 is 10.6 Å². The van der Waals surface area contributed by atoms with Crippen LogP contribution >= 0.6 is 15.9 Å². The van der Waals surface area contributed by atoms with Crippen molar-refractivity contribution in [3.63, 3.8) is 0 Å². The number of benzene rings is 1. The summed E-state index contributed by atoms with van der Waals surface area (Å²) in [6.45, 7) is 2.20. The molecule has 1 aromatic carbocycles. The molecule has 0 fully saturated rings. The summed E-state index contributed by atoms with van der Waals surface area (Å²) < 4.78 is 0.629. The Morgan fingerprint density at radius 2 is 2.00 bits per heavy atom. The molecule has 1 rings (SSSR count). The molecule has 0 unspecified atom stereocenters. The van der Waals surface area contributed by atoms with Crippen LogP contribution in [0.15, 0.2) is 22.7 Å². The van der Waals surface area contributed by atoms with E-state index < -0.39 is 12.0 Å². The minimum atomic E-state index is -1.15. The number of hydrogen-bond donors (Lipinski definition) is 3. The first kappa shape index (κ1) is 17.0. The van der Waals surface area contributed by atoms with Crippen molar-refractivity contribution in [1.29, 1.82) is 0 Å². The molecule has 0 atom stereocenters. The molecule has 0 spiro atoms. The van der Waals surface area contributed by atoms with Gasteiger partial charge in [-0.15, -0.1) is 0 Å². The maximum atomic E-state index is 11.7. The third-order valence-electron chi connectivity index (χ3n) is 2.76. The minimum absolute atomic E-state index is 0.0367. The predicted octanol–water partition coefficient (Wildman–Crippen LogP) is 1.75. The summed E-state index contributed by atoms with van der Waals surface area (Å²) >= 11 is 3.20. The van der Waals surface area contributed by atoms with Crippen LogP contribution in [-0.2, 0) is 4.79 Å². The van der Waals surface area contributed by atoms with Crippen LogP contribution in [0.2, 0.25) is 0 Å². The van der Waals surface area contributed by atoms with Gasteiger partial charge < -0.3 is 20.6 Å². The second-order valence-corrected chi connectivity index (χ2v) is 5.13. The summed E-state index contributed by atoms with van der Waals surface area (Å²) in [5, 5.41) is 13.8. The van der Waals surface area contributed by atoms with Crippen molar-refractivity contribution in [2.75, 3.05) is 25.5 Å². The second-order valence-electron chi connectivity index (χ2n) is 4.21. The third kappa shape index (κ3) is 5.07. The lowest BCUT2D eigenvalue weighted by Gasteiger charge is -2.15. The zero-order valence-electron chi connectivity index (χ0n) is 11.6. The predicted molar refractivity (Wildman–Crippen MR) is 81.4 cm³/mol. The van der Waals surface area contributed by atoms with Gasteiger partial charge in [-0.3, -0.25) is 4.79 Å². The summed E-state index contributed by atoms with van der Waals surface area (Å²) in [7, 11) is 1.62. The normalized spacial score (nSPS) is 9.86. The van der Waals surface area contributed by atoms with Crippen molar-refractivity contribution >= 4 is 39.5 Å². The molecule has 0 aliphatic carbocycles. The number of likely N-dealkylation sites (N-methyl/N-ethyl adjacent to an activating group) is 1. The van der Waals surface area contributed by atoms with E-state index in [9.17, 15) is 14.4 Å². The molecule has 0 heterocycles. The molecule has 3 N–H and O–H groups in total. The van der Waals surface area contributed by atoms with E-state index >= 15 is 0 Å². The van der Waals surface area contributed by atoms with Gasteiger partial charge in [0.1, 0.15) is 0 Å². The largest absolute Gasteiger partial charge is 0.478 e. The number of nitrogens with one attached hydrogen (secondary N) is 2. The number of carbonyl (C=O) groups excluding carboxylic acids is 2. The lowest BCUT2D eigenvalue weighted by Crippen LogP contribution is -2.39. The maximum Gasteiger partial charge on any atom is 0.337 e. The van der Waals surface area contributed by atoms with Crippen molar-refractivity contribution in [2.45, 2.75) is 6.92 Å². The Morgan fingerprint density at radius 1 is 1.33 bits per heavy atom. The molecule has 1 aromatic rings. The highest BCUT2D eigenvalue weighted by atomic mass is 79.9. The van der Waals surface area contributed by atoms with Crippen molar-refractivity contribution in [2.24, 2.45) is 0 Å². The van der Waals surface area contributed by atoms with E-state index in [2.05, 4.69) is 26.6 Å². The first-order chi connectivity index (χ1) is 9.85. The molecular formula is C13H16BrN3O4. The molecule has 0 radical (unpaired) electrons. The first-order valence-corrected chi connectivity index (χ1v) is 6.96. The SMILES string of the molecule is CCN(C)C(=O)CNC(=O)Nc1cc(Br)ccc1C(=O)O. The summed E-state index contributed by atoms with van der Waals surface area (Å²) in [5.41, 5.74) is 0.107. The van der Waals surface area contributed by atoms with Crippen LogP contribution in [0.1, 0.15) is 17.3 Å². The van der Waals surface area contributed by atoms with E-state index in [1.807, 2.05) is 6.92 Å². The average molecular weight is 358 g/mol. The molecule has 0 saturated heterocycles. The van der Waals surface area contributed by atoms with E-state index in [4.69, 9.17) is 5.11 Å². The fourth-order valence-electron chi connectivity index (χ4n) is 1.44. The highest BCUT2D eigenvalue weighted by molar-refractivity contribution is 9.10. The molecule has 114 valence electrons. The molecule has 0 aromatic heterocycles. The Hall–Kier alpha value is -2.09. The van der Waals surface area contributed by atoms with Crippen LogP contribution in [-0.4, -0.2) is 48.1 Å². The monoisotopic (exact) mass is 357 g/mol. The Kier molecular flexibility index (Phi) is 6.16. The lowest BCUT2D eigenvalue weighted by atomic mass is 10.2. The fraction of sp³-hybridized carbons (Fsp3) is 0.308. The topological polar surface area (TPSA) is 98.7 Å². The Balaban J connectivity index is 2.69. The number of anilines is 1. The zero-order chi connectivity index (χ0) is 16.0. The van der Waals surface area contributed by atoms with Gasteiger partial charge in [-0.05, 0) is 25.1 Å². The Morgan fingerprint density at radius 3 is 2.57 bits per heavy atom. The van der Waals surface area contributed by atoms with Gasteiger partial charge in [-0.25, -0.2) is 9.59 Å². The number of aromatic carboxylic acids is 1. The van der Waals surface area contributed by atoms with Crippen LogP contribution in [0.5, 0.6) is 0 Å². The summed E-state index contributed by atoms with van der Waals surface area (Å²) in [5.74, 6) is -1.39. The van der Waals surface area contributed by atoms with Crippen LogP contribution in [0, 0.1) is 0 Å². The van der Waals surface area contributed by atoms with Gasteiger partial charge in [-0.2, -0.15) is 0 Å². The van der Waals surface area contributed by atoms with Crippen molar-refractivity contribution in [3.05, 3.63) is 28.2 Å². The van der Waals surface area contributed by atoms with Crippen molar-refractivity contribution in [3.8, 4) is 0 Å². The van der Waals surface area contributed by atoms with Crippen molar-refractivity contribution in [1.82, 2.24) is 10.2 Å². The number of rotatable bonds is 5. The van der Waals surface area contributed by atoms with E-state index in [1.165, 1.54) is 17.0 Å². The molecular weight excluding hydrogens is 342 g/mol. The zero-order valence-corrected chi connectivity index (χ0v) is 13.2. The highest BCUT2D eigenvalue weighted by Gasteiger charge is 2.14. The van der Waals surface area contributed by atoms with Gasteiger partial charge >= 0.3 is 12.0 Å². The maximum absolute atomic E-state index is 11.7. The van der Waals surface area contributed by atoms with Crippen LogP contribution in [0.4, 0.5) is 10.5 Å². The Bertz CT molecular complexity index is 562. The summed E-state index contributed by atoms with van der Waals surface area (Å²) in [4.78, 5) is 35.8. The first-order valence-electron chi connectivity index (χ1n) is 6.16. The molecule has 0 aliphatic heterocycles. The molecule has 8 heteroatoms. The van der Waals surface area contributed by atoms with E-state index in [0.717, 1.165) is 0 Å². The third-order valence-corrected chi connectivity index (χ3v) is 3.25. The quantitative estimate of drug-likeness (QED) is 0.747. The van der Waals surface area contributed by atoms with Gasteiger partial charge in [0.05, 0.1) is 17.8 Å². The van der Waals surface area contributed by atoms with Gasteiger partial charge in [0.15, 0.2) is 0 Å². The number of carboxylic acid groups (broad SMARTS) is 1. The van der Waals surface area contributed by atoms with E-state index in [1.54, 1.807) is 13.1 Å². The standard InChI is InChI=1S/C13H16BrN3O4/c1-3-17(2)11(18)7-15-13(21)16-10-6-8(14)4-5-9(10)12(19)20/h4-6H,3,7H2,1-2H3,(H,19,20)(H2,15,16,21). The van der Waals surface area contributed by atoms with Gasteiger partial charge in [0.25, 0.3) is 0 Å². The lowest BCUT2D eigenvalue weighted by molar-refractivity contribution is -0.128. The molecule has 3 amide bonds. The minimum Gasteiger partial charge on any atom is -0.478 e. The van der Waals surface area contributed by atoms with Gasteiger partial charge in [0.2, 0.25) is 5.91 Å². The van der Waals surface area contributed by atoms with E-state index in [0.29, 0.717) is 11.0 Å². The fourth-order valence-corrected chi connectivity index (χ4v) is 1.80. The number of hydrogen-bond acceptors (Lipinski definition) is 3. The molecule has 0 bridgehead atoms. The van der Waals surface area contributed by atoms with Gasteiger partial charge in [0, 0.05) is 18.1 Å². The number of carbonyl (C=O) groups is 3. The van der Waals surface area contributed by atoms with Gasteiger partial charge in [-0.1, -0.05) is 15.9 Å². The van der Waals surface area contributed by atoms with Crippen molar-refractivity contribution < 1.29 is 19.5 Å². The molecule has 0 aliphatic rings. The number of amides is 3. The average Bonchev–Trinajstić information content (AvgIpc) is 2.43. The second kappa shape index (κ2) is 7.63. The Labute approximate surface area is 130 Å². The van der Waals surface area contributed by atoms with E-state index in [-0.39, 0.29) is 23.7 Å². The highest BCUT2D eigenvalue weighted by Crippen LogP contribution is 2.21. The number of carboxylic acids is 1. The number of urea groups is 1. The molecule has 21 heavy (non-hydrogen) atoms. The number of nitrogens with zero attached hydrogens (tertiary/aromatic N) is 1.